The standard InChI is InChI=1S/C68H73BN4/c1-41-34-46(65(9,10)11)35-42(2)60(41)72-56-38-49(71(47-26-22-44(23-27-47)63(3,4)5)48-28-24-45(25-29-48)64(6,7)8)39-57-59(56)69(54-31-30-51-50-20-16-17-21-52(50)66(12,13)58(51)62(54)72)55-37-43(40-70)36-53-61(55)73(57)68(15)33-19-18-32-67(53,68)14/h16-17,20-31,34-39H,18-19,32-33H2,1-15H3. The number of nitriles is 1. The number of anilines is 8. The lowest BCUT2D eigenvalue weighted by Crippen LogP contribution is -2.64. The number of rotatable bonds is 4. The minimum Gasteiger partial charge on any atom is -0.335 e. The van der Waals surface area contributed by atoms with E-state index >= 15 is 0 Å². The van der Waals surface area contributed by atoms with E-state index in [9.17, 15) is 5.26 Å². The van der Waals surface area contributed by atoms with Crippen LogP contribution in [-0.2, 0) is 27.1 Å². The minimum atomic E-state index is -0.302. The molecule has 2 aliphatic carbocycles. The van der Waals surface area contributed by atoms with Crippen LogP contribution in [0, 0.1) is 25.2 Å². The molecule has 0 saturated heterocycles. The number of aryl methyl sites for hydroxylation is 2. The number of benzene rings is 7. The molecule has 0 N–H and O–H groups in total. The van der Waals surface area contributed by atoms with Gasteiger partial charge in [0.15, 0.2) is 0 Å². The molecule has 0 amide bonds. The van der Waals surface area contributed by atoms with E-state index in [4.69, 9.17) is 0 Å². The number of fused-ring (bicyclic) bond motifs is 11. The summed E-state index contributed by atoms with van der Waals surface area (Å²) in [7, 11) is 0. The van der Waals surface area contributed by atoms with Gasteiger partial charge in [-0.05, 0) is 170 Å². The first-order chi connectivity index (χ1) is 34.4. The minimum absolute atomic E-state index is 0.0108. The summed E-state index contributed by atoms with van der Waals surface area (Å²) in [4.78, 5) is 8.09. The summed E-state index contributed by atoms with van der Waals surface area (Å²) in [6.07, 6.45) is 4.50. The van der Waals surface area contributed by atoms with Gasteiger partial charge in [-0.25, -0.2) is 0 Å². The Labute approximate surface area is 437 Å². The summed E-state index contributed by atoms with van der Waals surface area (Å²) in [6, 6.07) is 50.1. The molecular weight excluding hydrogens is 884 g/mol. The summed E-state index contributed by atoms with van der Waals surface area (Å²) in [5, 5.41) is 11.0. The topological polar surface area (TPSA) is 33.5 Å². The van der Waals surface area contributed by atoms with Gasteiger partial charge in [-0.3, -0.25) is 0 Å². The van der Waals surface area contributed by atoms with Gasteiger partial charge in [0, 0.05) is 45.0 Å². The Morgan fingerprint density at radius 1 is 0.548 bits per heavy atom. The molecule has 3 aliphatic heterocycles. The lowest BCUT2D eigenvalue weighted by Gasteiger charge is -2.53. The fraction of sp³-hybridized carbons (Fsp3) is 0.368. The van der Waals surface area contributed by atoms with Gasteiger partial charge >= 0.3 is 0 Å². The first-order valence-electron chi connectivity index (χ1n) is 27.2. The van der Waals surface area contributed by atoms with E-state index in [1.807, 2.05) is 0 Å². The Balaban J connectivity index is 1.25. The average Bonchev–Trinajstić information content (AvgIpc) is 3.70. The molecule has 5 aliphatic rings. The fourth-order valence-corrected chi connectivity index (χ4v) is 14.5. The Morgan fingerprint density at radius 3 is 1.71 bits per heavy atom. The maximum Gasteiger partial charge on any atom is 0.252 e. The van der Waals surface area contributed by atoms with E-state index in [1.165, 1.54) is 113 Å². The molecule has 0 radical (unpaired) electrons. The van der Waals surface area contributed by atoms with Crippen molar-refractivity contribution in [3.05, 3.63) is 171 Å². The van der Waals surface area contributed by atoms with Gasteiger partial charge in [0.05, 0.1) is 28.5 Å². The van der Waals surface area contributed by atoms with Crippen LogP contribution in [0.25, 0.3) is 11.1 Å². The van der Waals surface area contributed by atoms with E-state index in [1.54, 1.807) is 0 Å². The fourth-order valence-electron chi connectivity index (χ4n) is 14.5. The lowest BCUT2D eigenvalue weighted by atomic mass is 9.33. The van der Waals surface area contributed by atoms with Crippen molar-refractivity contribution in [3.63, 3.8) is 0 Å². The van der Waals surface area contributed by atoms with Crippen LogP contribution in [0.15, 0.2) is 121 Å². The molecule has 73 heavy (non-hydrogen) atoms. The first-order valence-corrected chi connectivity index (χ1v) is 27.2. The van der Waals surface area contributed by atoms with Crippen LogP contribution in [0.3, 0.4) is 0 Å². The highest BCUT2D eigenvalue weighted by molar-refractivity contribution is 7.00. The Kier molecular flexibility index (Phi) is 10.1. The summed E-state index contributed by atoms with van der Waals surface area (Å²) >= 11 is 0. The average molecular weight is 957 g/mol. The van der Waals surface area contributed by atoms with Crippen LogP contribution in [0.2, 0.25) is 0 Å². The summed E-state index contributed by atoms with van der Waals surface area (Å²) in [5.74, 6) is 0. The van der Waals surface area contributed by atoms with Crippen LogP contribution in [0.1, 0.15) is 166 Å². The quantitative estimate of drug-likeness (QED) is 0.165. The molecule has 3 heterocycles. The van der Waals surface area contributed by atoms with E-state index < -0.39 is 0 Å². The largest absolute Gasteiger partial charge is 0.335 e. The highest BCUT2D eigenvalue weighted by Gasteiger charge is 2.62. The van der Waals surface area contributed by atoms with Gasteiger partial charge < -0.3 is 14.7 Å². The van der Waals surface area contributed by atoms with Crippen molar-refractivity contribution in [2.45, 2.75) is 162 Å². The molecule has 2 unspecified atom stereocenters. The van der Waals surface area contributed by atoms with Crippen molar-refractivity contribution in [1.29, 1.82) is 5.26 Å². The van der Waals surface area contributed by atoms with Crippen LogP contribution in [0.4, 0.5) is 45.5 Å². The molecule has 368 valence electrons. The molecule has 12 rings (SSSR count). The van der Waals surface area contributed by atoms with Crippen molar-refractivity contribution in [2.75, 3.05) is 14.7 Å². The summed E-state index contributed by atoms with van der Waals surface area (Å²) in [5.41, 5.74) is 27.0. The van der Waals surface area contributed by atoms with Gasteiger partial charge in [-0.15, -0.1) is 0 Å². The van der Waals surface area contributed by atoms with Gasteiger partial charge in [0.1, 0.15) is 0 Å². The zero-order chi connectivity index (χ0) is 51.7. The molecule has 2 atom stereocenters. The third-order valence-electron chi connectivity index (χ3n) is 18.6. The second kappa shape index (κ2) is 15.5. The predicted molar refractivity (Wildman–Crippen MR) is 311 cm³/mol. The van der Waals surface area contributed by atoms with Crippen molar-refractivity contribution >= 4 is 68.6 Å². The van der Waals surface area contributed by atoms with Crippen molar-refractivity contribution in [3.8, 4) is 17.2 Å². The Morgan fingerprint density at radius 2 is 1.12 bits per heavy atom. The number of hydrogen-bond donors (Lipinski definition) is 0. The lowest BCUT2D eigenvalue weighted by molar-refractivity contribution is 0.195. The molecule has 0 spiro atoms. The second-order valence-corrected chi connectivity index (χ2v) is 26.6. The van der Waals surface area contributed by atoms with Crippen molar-refractivity contribution < 1.29 is 0 Å². The zero-order valence-electron chi connectivity index (χ0n) is 46.2. The van der Waals surface area contributed by atoms with E-state index in [2.05, 4.69) is 246 Å². The molecular formula is C68H73BN4. The van der Waals surface area contributed by atoms with Gasteiger partial charge in [-0.1, -0.05) is 169 Å². The molecule has 0 bridgehead atoms. The second-order valence-electron chi connectivity index (χ2n) is 26.6. The molecule has 4 nitrogen and oxygen atoms in total. The van der Waals surface area contributed by atoms with Gasteiger partial charge in [0.25, 0.3) is 6.71 Å². The summed E-state index contributed by atoms with van der Waals surface area (Å²) in [6.45, 7) is 35.4. The highest BCUT2D eigenvalue weighted by atomic mass is 15.3. The van der Waals surface area contributed by atoms with Gasteiger partial charge in [0.2, 0.25) is 0 Å². The van der Waals surface area contributed by atoms with E-state index in [0.717, 1.165) is 35.5 Å². The third kappa shape index (κ3) is 6.63. The third-order valence-corrected chi connectivity index (χ3v) is 18.6. The van der Waals surface area contributed by atoms with Crippen LogP contribution in [0.5, 0.6) is 0 Å². The Bertz CT molecular complexity index is 3430. The van der Waals surface area contributed by atoms with Crippen LogP contribution in [-0.4, -0.2) is 12.3 Å². The van der Waals surface area contributed by atoms with Crippen LogP contribution >= 0.6 is 0 Å². The molecule has 7 aromatic carbocycles. The van der Waals surface area contributed by atoms with Gasteiger partial charge in [-0.2, -0.15) is 5.26 Å². The van der Waals surface area contributed by atoms with E-state index in [0.29, 0.717) is 0 Å². The molecule has 7 aromatic rings. The normalized spacial score (nSPS) is 19.9. The van der Waals surface area contributed by atoms with E-state index in [-0.39, 0.29) is 39.3 Å². The SMILES string of the molecule is Cc1cc(C(C)(C)C)cc(C)c1N1c2cc(N(c3ccc(C(C)(C)C)cc3)c3ccc(C(C)(C)C)cc3)cc3c2B(c2ccc4c(c21)C(C)(C)c1ccccc1-4)c1cc(C#N)cc2c1N3C1(C)CCCCC21C. The maximum atomic E-state index is 11.0. The first kappa shape index (κ1) is 47.5. The highest BCUT2D eigenvalue weighted by Crippen LogP contribution is 2.63. The summed E-state index contributed by atoms with van der Waals surface area (Å²) < 4.78 is 0. The van der Waals surface area contributed by atoms with Crippen molar-refractivity contribution in [2.24, 2.45) is 0 Å². The predicted octanol–water partition coefficient (Wildman–Crippen LogP) is 16.2. The molecule has 5 heteroatoms. The molecule has 1 saturated carbocycles. The monoisotopic (exact) mass is 957 g/mol. The Hall–Kier alpha value is -6.51. The number of nitrogens with zero attached hydrogens (tertiary/aromatic N) is 4. The van der Waals surface area contributed by atoms with Crippen molar-refractivity contribution in [1.82, 2.24) is 0 Å². The molecule has 1 fully saturated rings. The maximum absolute atomic E-state index is 11.0. The van der Waals surface area contributed by atoms with Crippen LogP contribution < -0.4 is 31.1 Å². The molecule has 0 aromatic heterocycles. The zero-order valence-corrected chi connectivity index (χ0v) is 46.2. The number of hydrogen-bond acceptors (Lipinski definition) is 4. The smallest absolute Gasteiger partial charge is 0.252 e.